The maximum absolute atomic E-state index is 10.6. The van der Waals surface area contributed by atoms with Crippen LogP contribution in [-0.2, 0) is 11.3 Å². The van der Waals surface area contributed by atoms with Gasteiger partial charge in [0.1, 0.15) is 4.88 Å². The molecule has 0 saturated carbocycles. The van der Waals surface area contributed by atoms with E-state index in [0.717, 1.165) is 37.6 Å². The Labute approximate surface area is 99.2 Å². The molecule has 1 heterocycles. The number of aromatic carboxylic acids is 1. The SMILES string of the molecule is CCOCCCNCc1ccc(C(=O)O)s1. The predicted molar refractivity (Wildman–Crippen MR) is 64.1 cm³/mol. The van der Waals surface area contributed by atoms with Gasteiger partial charge in [-0.1, -0.05) is 0 Å². The molecule has 0 spiro atoms. The summed E-state index contributed by atoms with van der Waals surface area (Å²) in [5.74, 6) is -0.854. The Balaban J connectivity index is 2.14. The fourth-order valence-electron chi connectivity index (χ4n) is 1.24. The molecule has 2 N–H and O–H groups in total. The van der Waals surface area contributed by atoms with Gasteiger partial charge in [-0.3, -0.25) is 0 Å². The van der Waals surface area contributed by atoms with E-state index in [0.29, 0.717) is 4.88 Å². The molecule has 0 bridgehead atoms. The number of hydrogen-bond acceptors (Lipinski definition) is 4. The Morgan fingerprint density at radius 3 is 3.00 bits per heavy atom. The minimum absolute atomic E-state index is 0.395. The Morgan fingerprint density at radius 2 is 2.38 bits per heavy atom. The van der Waals surface area contributed by atoms with Crippen LogP contribution in [0.2, 0.25) is 0 Å². The van der Waals surface area contributed by atoms with Gasteiger partial charge in [-0.05, 0) is 32.0 Å². The first kappa shape index (κ1) is 13.2. The summed E-state index contributed by atoms with van der Waals surface area (Å²) in [5, 5.41) is 12.0. The quantitative estimate of drug-likeness (QED) is 0.685. The van der Waals surface area contributed by atoms with Crippen LogP contribution in [0.15, 0.2) is 12.1 Å². The van der Waals surface area contributed by atoms with Crippen molar-refractivity contribution in [1.82, 2.24) is 5.32 Å². The lowest BCUT2D eigenvalue weighted by molar-refractivity contribution is 0.0702. The summed E-state index contributed by atoms with van der Waals surface area (Å²) in [6, 6.07) is 3.49. The maximum Gasteiger partial charge on any atom is 0.345 e. The standard InChI is InChI=1S/C11H17NO3S/c1-2-15-7-3-6-12-8-9-4-5-10(16-9)11(13)14/h4-5,12H,2-3,6-8H2,1H3,(H,13,14). The van der Waals surface area contributed by atoms with Crippen molar-refractivity contribution in [2.75, 3.05) is 19.8 Å². The van der Waals surface area contributed by atoms with E-state index in [4.69, 9.17) is 9.84 Å². The molecule has 4 nitrogen and oxygen atoms in total. The maximum atomic E-state index is 10.6. The fourth-order valence-corrected chi connectivity index (χ4v) is 2.06. The molecule has 0 atom stereocenters. The second kappa shape index (κ2) is 7.38. The van der Waals surface area contributed by atoms with Gasteiger partial charge < -0.3 is 15.2 Å². The molecule has 16 heavy (non-hydrogen) atoms. The van der Waals surface area contributed by atoms with Crippen molar-refractivity contribution < 1.29 is 14.6 Å². The number of thiophene rings is 1. The fraction of sp³-hybridized carbons (Fsp3) is 0.545. The van der Waals surface area contributed by atoms with Crippen molar-refractivity contribution in [1.29, 1.82) is 0 Å². The largest absolute Gasteiger partial charge is 0.477 e. The van der Waals surface area contributed by atoms with Crippen molar-refractivity contribution in [2.45, 2.75) is 19.9 Å². The van der Waals surface area contributed by atoms with Crippen LogP contribution in [0.4, 0.5) is 0 Å². The third kappa shape index (κ3) is 4.74. The van der Waals surface area contributed by atoms with Crippen LogP contribution in [0.5, 0.6) is 0 Å². The molecular weight excluding hydrogens is 226 g/mol. The molecule has 90 valence electrons. The van der Waals surface area contributed by atoms with Gasteiger partial charge in [-0.15, -0.1) is 11.3 Å². The second-order valence-electron chi connectivity index (χ2n) is 3.30. The van der Waals surface area contributed by atoms with Gasteiger partial charge in [0.2, 0.25) is 0 Å². The van der Waals surface area contributed by atoms with Crippen LogP contribution >= 0.6 is 11.3 Å². The topological polar surface area (TPSA) is 58.6 Å². The molecule has 0 radical (unpaired) electrons. The summed E-state index contributed by atoms with van der Waals surface area (Å²) < 4.78 is 5.21. The molecule has 0 aliphatic carbocycles. The normalized spacial score (nSPS) is 10.6. The third-order valence-electron chi connectivity index (χ3n) is 2.02. The monoisotopic (exact) mass is 243 g/mol. The van der Waals surface area contributed by atoms with Crippen LogP contribution in [0.3, 0.4) is 0 Å². The van der Waals surface area contributed by atoms with Gasteiger partial charge in [0.25, 0.3) is 0 Å². The van der Waals surface area contributed by atoms with E-state index in [2.05, 4.69) is 5.32 Å². The van der Waals surface area contributed by atoms with Gasteiger partial charge in [0.05, 0.1) is 0 Å². The van der Waals surface area contributed by atoms with Crippen LogP contribution < -0.4 is 5.32 Å². The van der Waals surface area contributed by atoms with Gasteiger partial charge in [0.15, 0.2) is 0 Å². The van der Waals surface area contributed by atoms with E-state index in [1.54, 1.807) is 6.07 Å². The lowest BCUT2D eigenvalue weighted by atomic mass is 10.4. The van der Waals surface area contributed by atoms with Crippen molar-refractivity contribution in [3.05, 3.63) is 21.9 Å². The molecule has 0 aliphatic heterocycles. The highest BCUT2D eigenvalue weighted by atomic mass is 32.1. The molecule has 1 aromatic heterocycles. The summed E-state index contributed by atoms with van der Waals surface area (Å²) in [6.45, 7) is 5.12. The van der Waals surface area contributed by atoms with Crippen molar-refractivity contribution in [2.24, 2.45) is 0 Å². The smallest absolute Gasteiger partial charge is 0.345 e. The van der Waals surface area contributed by atoms with Crippen LogP contribution in [0.1, 0.15) is 27.9 Å². The summed E-state index contributed by atoms with van der Waals surface area (Å²) in [5.41, 5.74) is 0. The van der Waals surface area contributed by atoms with E-state index < -0.39 is 5.97 Å². The van der Waals surface area contributed by atoms with Crippen molar-refractivity contribution >= 4 is 17.3 Å². The zero-order chi connectivity index (χ0) is 11.8. The second-order valence-corrected chi connectivity index (χ2v) is 4.47. The molecule has 5 heteroatoms. The molecule has 0 amide bonds. The van der Waals surface area contributed by atoms with E-state index in [9.17, 15) is 4.79 Å². The van der Waals surface area contributed by atoms with E-state index >= 15 is 0 Å². The van der Waals surface area contributed by atoms with Gasteiger partial charge in [-0.2, -0.15) is 0 Å². The summed E-state index contributed by atoms with van der Waals surface area (Å²) >= 11 is 1.32. The Hall–Kier alpha value is -0.910. The summed E-state index contributed by atoms with van der Waals surface area (Å²) in [7, 11) is 0. The number of ether oxygens (including phenoxy) is 1. The van der Waals surface area contributed by atoms with Gasteiger partial charge in [0, 0.05) is 24.6 Å². The van der Waals surface area contributed by atoms with Crippen molar-refractivity contribution in [3.63, 3.8) is 0 Å². The minimum atomic E-state index is -0.854. The van der Waals surface area contributed by atoms with E-state index in [1.807, 2.05) is 13.0 Å². The number of carbonyl (C=O) groups is 1. The highest BCUT2D eigenvalue weighted by Gasteiger charge is 2.05. The van der Waals surface area contributed by atoms with Crippen molar-refractivity contribution in [3.8, 4) is 0 Å². The first-order chi connectivity index (χ1) is 7.74. The molecular formula is C11H17NO3S. The Bertz CT molecular complexity index is 325. The molecule has 0 aromatic carbocycles. The highest BCUT2D eigenvalue weighted by Crippen LogP contribution is 2.15. The number of rotatable bonds is 8. The zero-order valence-electron chi connectivity index (χ0n) is 9.36. The van der Waals surface area contributed by atoms with Crippen LogP contribution in [0, 0.1) is 0 Å². The molecule has 0 fully saturated rings. The lowest BCUT2D eigenvalue weighted by Gasteiger charge is -2.02. The number of hydrogen-bond donors (Lipinski definition) is 2. The van der Waals surface area contributed by atoms with Gasteiger partial charge in [-0.25, -0.2) is 4.79 Å². The minimum Gasteiger partial charge on any atom is -0.477 e. The third-order valence-corrected chi connectivity index (χ3v) is 3.09. The van der Waals surface area contributed by atoms with Crippen LogP contribution in [-0.4, -0.2) is 30.8 Å². The molecule has 1 aromatic rings. The molecule has 0 saturated heterocycles. The summed E-state index contributed by atoms with van der Waals surface area (Å²) in [6.07, 6.45) is 0.977. The molecule has 1 rings (SSSR count). The number of nitrogens with one attached hydrogen (secondary N) is 1. The molecule has 0 unspecified atom stereocenters. The highest BCUT2D eigenvalue weighted by molar-refractivity contribution is 7.13. The Kier molecular flexibility index (Phi) is 6.07. The van der Waals surface area contributed by atoms with Crippen LogP contribution in [0.25, 0.3) is 0 Å². The van der Waals surface area contributed by atoms with E-state index in [-0.39, 0.29) is 0 Å². The average Bonchev–Trinajstić information content (AvgIpc) is 2.72. The first-order valence-corrected chi connectivity index (χ1v) is 6.16. The number of carboxylic acid groups (broad SMARTS) is 1. The summed E-state index contributed by atoms with van der Waals surface area (Å²) in [4.78, 5) is 12.1. The predicted octanol–water partition coefficient (Wildman–Crippen LogP) is 1.96. The molecule has 0 aliphatic rings. The average molecular weight is 243 g/mol. The number of carboxylic acids is 1. The first-order valence-electron chi connectivity index (χ1n) is 5.34. The lowest BCUT2D eigenvalue weighted by Crippen LogP contribution is -2.15. The van der Waals surface area contributed by atoms with Gasteiger partial charge >= 0.3 is 5.97 Å². The Morgan fingerprint density at radius 1 is 1.56 bits per heavy atom. The zero-order valence-corrected chi connectivity index (χ0v) is 10.2. The van der Waals surface area contributed by atoms with E-state index in [1.165, 1.54) is 11.3 Å².